The molecule has 1 aromatic rings. The fraction of sp³-hybridized carbons (Fsp3) is 0.737. The molecule has 6 nitrogen and oxygen atoms in total. The highest BCUT2D eigenvalue weighted by Gasteiger charge is 2.24. The van der Waals surface area contributed by atoms with Crippen LogP contribution in [0.5, 0.6) is 0 Å². The van der Waals surface area contributed by atoms with Gasteiger partial charge in [-0.1, -0.05) is 26.7 Å². The first kappa shape index (κ1) is 19.1. The highest BCUT2D eigenvalue weighted by molar-refractivity contribution is 7.80. The SMILES string of the molecule is CNC(=S)Nc1nc(N2CCCCCC2)cc(N2CC(C)CC(C)C2)n1. The van der Waals surface area contributed by atoms with Gasteiger partial charge >= 0.3 is 0 Å². The van der Waals surface area contributed by atoms with Gasteiger partial charge in [-0.15, -0.1) is 0 Å². The van der Waals surface area contributed by atoms with Crippen molar-refractivity contribution < 1.29 is 0 Å². The Labute approximate surface area is 162 Å². The summed E-state index contributed by atoms with van der Waals surface area (Å²) in [5.41, 5.74) is 0. The maximum absolute atomic E-state index is 5.27. The van der Waals surface area contributed by atoms with Crippen LogP contribution in [-0.2, 0) is 0 Å². The van der Waals surface area contributed by atoms with Crippen molar-refractivity contribution in [3.8, 4) is 0 Å². The maximum Gasteiger partial charge on any atom is 0.232 e. The number of hydrogen-bond acceptors (Lipinski definition) is 5. The lowest BCUT2D eigenvalue weighted by molar-refractivity contribution is 0.355. The van der Waals surface area contributed by atoms with E-state index < -0.39 is 0 Å². The predicted octanol–water partition coefficient (Wildman–Crippen LogP) is 3.26. The number of nitrogens with zero attached hydrogens (tertiary/aromatic N) is 4. The second-order valence-electron chi connectivity index (χ2n) is 7.86. The van der Waals surface area contributed by atoms with E-state index in [4.69, 9.17) is 22.2 Å². The van der Waals surface area contributed by atoms with E-state index in [-0.39, 0.29) is 0 Å². The van der Waals surface area contributed by atoms with Gasteiger partial charge < -0.3 is 20.4 Å². The molecule has 2 atom stereocenters. The zero-order valence-corrected chi connectivity index (χ0v) is 17.1. The van der Waals surface area contributed by atoms with E-state index in [1.165, 1.54) is 32.1 Å². The number of anilines is 3. The van der Waals surface area contributed by atoms with Crippen LogP contribution in [0.25, 0.3) is 0 Å². The molecular formula is C19H32N6S. The average Bonchev–Trinajstić information content (AvgIpc) is 2.90. The Hall–Kier alpha value is -1.63. The number of rotatable bonds is 3. The molecule has 0 aliphatic carbocycles. The van der Waals surface area contributed by atoms with Gasteiger partial charge in [0.1, 0.15) is 11.6 Å². The van der Waals surface area contributed by atoms with Crippen molar-refractivity contribution in [1.29, 1.82) is 0 Å². The fourth-order valence-electron chi connectivity index (χ4n) is 4.12. The normalized spacial score (nSPS) is 24.1. The van der Waals surface area contributed by atoms with Crippen molar-refractivity contribution in [2.75, 3.05) is 48.3 Å². The maximum atomic E-state index is 5.27. The second-order valence-corrected chi connectivity index (χ2v) is 8.27. The summed E-state index contributed by atoms with van der Waals surface area (Å²) in [6.07, 6.45) is 6.37. The smallest absolute Gasteiger partial charge is 0.232 e. The van der Waals surface area contributed by atoms with Gasteiger partial charge in [0.2, 0.25) is 5.95 Å². The van der Waals surface area contributed by atoms with Crippen LogP contribution >= 0.6 is 12.2 Å². The molecule has 2 fully saturated rings. The van der Waals surface area contributed by atoms with Crippen LogP contribution < -0.4 is 20.4 Å². The summed E-state index contributed by atoms with van der Waals surface area (Å²) in [6, 6.07) is 2.17. The molecule has 0 radical (unpaired) electrons. The van der Waals surface area contributed by atoms with Gasteiger partial charge in [0.05, 0.1) is 0 Å². The first-order chi connectivity index (χ1) is 12.5. The quantitative estimate of drug-likeness (QED) is 0.785. The number of aromatic nitrogens is 2. The fourth-order valence-corrected chi connectivity index (χ4v) is 4.21. The lowest BCUT2D eigenvalue weighted by Crippen LogP contribution is -2.39. The summed E-state index contributed by atoms with van der Waals surface area (Å²) in [6.45, 7) is 8.90. The van der Waals surface area contributed by atoms with Gasteiger partial charge in [0, 0.05) is 39.3 Å². The minimum absolute atomic E-state index is 0.546. The van der Waals surface area contributed by atoms with Gasteiger partial charge in [-0.3, -0.25) is 0 Å². The molecule has 1 aromatic heterocycles. The Morgan fingerprint density at radius 1 is 1.00 bits per heavy atom. The summed E-state index contributed by atoms with van der Waals surface area (Å²) in [5.74, 6) is 3.99. The molecule has 3 rings (SSSR count). The van der Waals surface area contributed by atoms with Crippen LogP contribution in [0.3, 0.4) is 0 Å². The van der Waals surface area contributed by atoms with Crippen molar-refractivity contribution >= 4 is 34.9 Å². The van der Waals surface area contributed by atoms with E-state index in [1.807, 2.05) is 7.05 Å². The molecule has 144 valence electrons. The van der Waals surface area contributed by atoms with Crippen LogP contribution in [-0.4, -0.2) is 48.3 Å². The monoisotopic (exact) mass is 376 g/mol. The van der Waals surface area contributed by atoms with Gasteiger partial charge in [-0.05, 0) is 43.3 Å². The summed E-state index contributed by atoms with van der Waals surface area (Å²) < 4.78 is 0. The Morgan fingerprint density at radius 3 is 2.15 bits per heavy atom. The van der Waals surface area contributed by atoms with Crippen LogP contribution in [0.4, 0.5) is 17.6 Å². The van der Waals surface area contributed by atoms with Crippen LogP contribution in [0.1, 0.15) is 46.0 Å². The Morgan fingerprint density at radius 2 is 1.58 bits per heavy atom. The van der Waals surface area contributed by atoms with Crippen molar-refractivity contribution in [1.82, 2.24) is 15.3 Å². The third-order valence-corrected chi connectivity index (χ3v) is 5.58. The molecule has 0 amide bonds. The lowest BCUT2D eigenvalue weighted by Gasteiger charge is -2.36. The van der Waals surface area contributed by atoms with E-state index in [2.05, 4.69) is 40.3 Å². The van der Waals surface area contributed by atoms with Crippen LogP contribution in [0, 0.1) is 11.8 Å². The molecular weight excluding hydrogens is 344 g/mol. The first-order valence-electron chi connectivity index (χ1n) is 9.93. The van der Waals surface area contributed by atoms with Crippen LogP contribution in [0.15, 0.2) is 6.07 Å². The Kier molecular flexibility index (Phi) is 6.51. The lowest BCUT2D eigenvalue weighted by atomic mass is 9.92. The molecule has 0 spiro atoms. The molecule has 26 heavy (non-hydrogen) atoms. The van der Waals surface area contributed by atoms with Crippen molar-refractivity contribution in [2.24, 2.45) is 11.8 Å². The minimum Gasteiger partial charge on any atom is -0.365 e. The molecule has 2 N–H and O–H groups in total. The number of nitrogens with one attached hydrogen (secondary N) is 2. The standard InChI is InChI=1S/C19H32N6S/c1-14-10-15(2)13-25(12-14)17-11-16(24-8-6-4-5-7-9-24)21-18(22-17)23-19(26)20-3/h11,14-15H,4-10,12-13H2,1-3H3,(H2,20,21,22,23,26). The molecule has 2 aliphatic rings. The molecule has 2 aliphatic heterocycles. The number of hydrogen-bond donors (Lipinski definition) is 2. The van der Waals surface area contributed by atoms with Crippen molar-refractivity contribution in [3.05, 3.63) is 6.07 Å². The highest BCUT2D eigenvalue weighted by Crippen LogP contribution is 2.29. The van der Waals surface area contributed by atoms with Crippen molar-refractivity contribution in [3.63, 3.8) is 0 Å². The largest absolute Gasteiger partial charge is 0.365 e. The Bertz CT molecular complexity index is 604. The molecule has 0 aromatic carbocycles. The van der Waals surface area contributed by atoms with Gasteiger partial charge in [-0.2, -0.15) is 9.97 Å². The molecule has 3 heterocycles. The summed E-state index contributed by atoms with van der Waals surface area (Å²) in [7, 11) is 1.81. The zero-order chi connectivity index (χ0) is 18.5. The highest BCUT2D eigenvalue weighted by atomic mass is 32.1. The summed E-state index contributed by atoms with van der Waals surface area (Å²) in [4.78, 5) is 14.4. The van der Waals surface area contributed by atoms with E-state index in [1.54, 1.807) is 0 Å². The second kappa shape index (κ2) is 8.84. The minimum atomic E-state index is 0.546. The summed E-state index contributed by atoms with van der Waals surface area (Å²) in [5, 5.41) is 6.63. The number of piperidine rings is 1. The van der Waals surface area contributed by atoms with E-state index in [0.29, 0.717) is 22.9 Å². The molecule has 0 bridgehead atoms. The first-order valence-corrected chi connectivity index (χ1v) is 10.3. The topological polar surface area (TPSA) is 56.3 Å². The average molecular weight is 377 g/mol. The predicted molar refractivity (Wildman–Crippen MR) is 113 cm³/mol. The van der Waals surface area contributed by atoms with E-state index in [9.17, 15) is 0 Å². The van der Waals surface area contributed by atoms with Crippen molar-refractivity contribution in [2.45, 2.75) is 46.0 Å². The van der Waals surface area contributed by atoms with E-state index >= 15 is 0 Å². The molecule has 2 saturated heterocycles. The Balaban J connectivity index is 1.90. The van der Waals surface area contributed by atoms with Gasteiger partial charge in [0.25, 0.3) is 0 Å². The van der Waals surface area contributed by atoms with Gasteiger partial charge in [0.15, 0.2) is 5.11 Å². The zero-order valence-electron chi connectivity index (χ0n) is 16.3. The summed E-state index contributed by atoms with van der Waals surface area (Å²) >= 11 is 5.27. The molecule has 0 saturated carbocycles. The third-order valence-electron chi connectivity index (χ3n) is 5.27. The van der Waals surface area contributed by atoms with E-state index in [0.717, 1.165) is 37.8 Å². The van der Waals surface area contributed by atoms with Crippen LogP contribution in [0.2, 0.25) is 0 Å². The third kappa shape index (κ3) is 4.96. The number of thiocarbonyl (C=S) groups is 1. The van der Waals surface area contributed by atoms with Gasteiger partial charge in [-0.25, -0.2) is 0 Å². The molecule has 2 unspecified atom stereocenters. The molecule has 7 heteroatoms.